The molecule has 19 heavy (non-hydrogen) atoms. The lowest BCUT2D eigenvalue weighted by molar-refractivity contribution is -0.275. The van der Waals surface area contributed by atoms with E-state index in [1.807, 2.05) is 0 Å². The van der Waals surface area contributed by atoms with Crippen LogP contribution >= 0.6 is 12.4 Å². The van der Waals surface area contributed by atoms with E-state index in [1.165, 1.54) is 6.07 Å². The summed E-state index contributed by atoms with van der Waals surface area (Å²) in [7, 11) is 0. The molecule has 4 N–H and O–H groups in total. The highest BCUT2D eigenvalue weighted by molar-refractivity contribution is 5.85. The quantitative estimate of drug-likeness (QED) is 0.822. The topological polar surface area (TPSA) is 61.3 Å². The number of hydrogen-bond donors (Lipinski definition) is 2. The Morgan fingerprint density at radius 2 is 1.89 bits per heavy atom. The Kier molecular flexibility index (Phi) is 7.10. The lowest BCUT2D eigenvalue weighted by Crippen LogP contribution is -2.18. The normalized spacial score (nSPS) is 12.7. The molecule has 1 aromatic carbocycles. The van der Waals surface area contributed by atoms with Crippen LogP contribution in [0.5, 0.6) is 5.75 Å². The molecule has 0 aliphatic heterocycles. The highest BCUT2D eigenvalue weighted by atomic mass is 35.5. The molecule has 0 heterocycles. The van der Waals surface area contributed by atoms with E-state index < -0.39 is 24.0 Å². The number of nitrogens with two attached hydrogens (primary N) is 2. The third-order valence-electron chi connectivity index (χ3n) is 2.33. The van der Waals surface area contributed by atoms with Gasteiger partial charge in [0.25, 0.3) is 0 Å². The van der Waals surface area contributed by atoms with Crippen LogP contribution in [0.15, 0.2) is 18.2 Å². The fourth-order valence-corrected chi connectivity index (χ4v) is 1.46. The first-order chi connectivity index (χ1) is 8.33. The molecule has 0 aliphatic carbocycles. The average Bonchev–Trinajstić information content (AvgIpc) is 2.27. The molecule has 0 fully saturated rings. The Morgan fingerprint density at radius 1 is 1.26 bits per heavy atom. The van der Waals surface area contributed by atoms with Crippen LogP contribution in [0.4, 0.5) is 17.6 Å². The highest BCUT2D eigenvalue weighted by Gasteiger charge is 2.32. The van der Waals surface area contributed by atoms with Crippen molar-refractivity contribution in [2.45, 2.75) is 25.2 Å². The van der Waals surface area contributed by atoms with Gasteiger partial charge in [-0.05, 0) is 37.1 Å². The molecule has 0 radical (unpaired) electrons. The van der Waals surface area contributed by atoms with Crippen LogP contribution in [0.3, 0.4) is 0 Å². The maximum Gasteiger partial charge on any atom is 0.573 e. The Balaban J connectivity index is 0.00000324. The van der Waals surface area contributed by atoms with Crippen molar-refractivity contribution >= 4 is 12.4 Å². The minimum atomic E-state index is -4.91. The molecule has 0 aromatic heterocycles. The van der Waals surface area contributed by atoms with Crippen molar-refractivity contribution in [1.29, 1.82) is 0 Å². The minimum absolute atomic E-state index is 0. The number of rotatable bonds is 5. The van der Waals surface area contributed by atoms with E-state index in [0.29, 0.717) is 24.9 Å². The van der Waals surface area contributed by atoms with Crippen molar-refractivity contribution in [2.75, 3.05) is 6.54 Å². The number of ether oxygens (including phenoxy) is 1. The van der Waals surface area contributed by atoms with E-state index in [4.69, 9.17) is 11.5 Å². The third-order valence-corrected chi connectivity index (χ3v) is 2.33. The molecular formula is C11H15ClF4N2O. The first-order valence-electron chi connectivity index (χ1n) is 5.34. The van der Waals surface area contributed by atoms with Gasteiger partial charge in [-0.3, -0.25) is 0 Å². The summed E-state index contributed by atoms with van der Waals surface area (Å²) in [5, 5.41) is 0. The number of halogens is 5. The summed E-state index contributed by atoms with van der Waals surface area (Å²) >= 11 is 0. The first kappa shape index (κ1) is 17.9. The molecule has 0 unspecified atom stereocenters. The van der Waals surface area contributed by atoms with Crippen LogP contribution in [-0.4, -0.2) is 12.9 Å². The van der Waals surface area contributed by atoms with E-state index in [1.54, 1.807) is 0 Å². The maximum atomic E-state index is 13.4. The molecular weight excluding hydrogens is 288 g/mol. The van der Waals surface area contributed by atoms with Crippen LogP contribution in [0.25, 0.3) is 0 Å². The van der Waals surface area contributed by atoms with E-state index in [-0.39, 0.29) is 12.4 Å². The zero-order valence-corrected chi connectivity index (χ0v) is 10.7. The zero-order chi connectivity index (χ0) is 13.8. The van der Waals surface area contributed by atoms with Crippen LogP contribution in [0, 0.1) is 5.82 Å². The summed E-state index contributed by atoms with van der Waals surface area (Å²) in [5.74, 6) is -1.95. The monoisotopic (exact) mass is 302 g/mol. The van der Waals surface area contributed by atoms with Crippen molar-refractivity contribution in [1.82, 2.24) is 0 Å². The second-order valence-electron chi connectivity index (χ2n) is 3.78. The van der Waals surface area contributed by atoms with Crippen LogP contribution < -0.4 is 16.2 Å². The number of alkyl halides is 3. The van der Waals surface area contributed by atoms with E-state index in [2.05, 4.69) is 4.74 Å². The molecule has 110 valence electrons. The summed E-state index contributed by atoms with van der Waals surface area (Å²) < 4.78 is 52.6. The smallest absolute Gasteiger partial charge is 0.403 e. The predicted octanol–water partition coefficient (Wildman–Crippen LogP) is 2.88. The van der Waals surface area contributed by atoms with E-state index in [0.717, 1.165) is 12.1 Å². The van der Waals surface area contributed by atoms with Gasteiger partial charge in [-0.15, -0.1) is 25.6 Å². The van der Waals surface area contributed by atoms with Gasteiger partial charge in [0.1, 0.15) is 0 Å². The summed E-state index contributed by atoms with van der Waals surface area (Å²) in [4.78, 5) is 0. The second kappa shape index (κ2) is 7.52. The predicted molar refractivity (Wildman–Crippen MR) is 65.5 cm³/mol. The maximum absolute atomic E-state index is 13.4. The molecule has 0 amide bonds. The molecule has 0 spiro atoms. The minimum Gasteiger partial charge on any atom is -0.403 e. The third kappa shape index (κ3) is 6.09. The van der Waals surface area contributed by atoms with Crippen LogP contribution in [-0.2, 0) is 0 Å². The van der Waals surface area contributed by atoms with Gasteiger partial charge in [-0.25, -0.2) is 4.39 Å². The highest BCUT2D eigenvalue weighted by Crippen LogP contribution is 2.28. The van der Waals surface area contributed by atoms with Gasteiger partial charge >= 0.3 is 6.36 Å². The molecule has 0 saturated heterocycles. The molecule has 0 bridgehead atoms. The Morgan fingerprint density at radius 3 is 2.37 bits per heavy atom. The van der Waals surface area contributed by atoms with Gasteiger partial charge in [-0.2, -0.15) is 0 Å². The summed E-state index contributed by atoms with van der Waals surface area (Å²) in [5.41, 5.74) is 11.5. The van der Waals surface area contributed by atoms with Gasteiger partial charge in [0.2, 0.25) is 0 Å². The molecule has 1 rings (SSSR count). The Bertz CT molecular complexity index is 401. The molecule has 0 saturated carbocycles. The van der Waals surface area contributed by atoms with Crippen LogP contribution in [0.2, 0.25) is 0 Å². The lowest BCUT2D eigenvalue weighted by atomic mass is 10.0. The van der Waals surface area contributed by atoms with Crippen molar-refractivity contribution in [3.05, 3.63) is 29.6 Å². The molecule has 1 atom stereocenters. The summed E-state index contributed by atoms with van der Waals surface area (Å²) in [6.07, 6.45) is -3.72. The Labute approximate surface area is 114 Å². The van der Waals surface area contributed by atoms with Crippen molar-refractivity contribution in [2.24, 2.45) is 11.5 Å². The Hall–Kier alpha value is -1.05. The van der Waals surface area contributed by atoms with Gasteiger partial charge in [0, 0.05) is 6.04 Å². The standard InChI is InChI=1S/C11H14F4N2O.ClH/c12-8-6-7(9(17)2-1-5-16)3-4-10(8)18-11(13,14)15;/h3-4,6,9H,1-2,5,16-17H2;1H/t9-;/m0./s1. The average molecular weight is 303 g/mol. The summed E-state index contributed by atoms with van der Waals surface area (Å²) in [6, 6.07) is 2.72. The first-order valence-corrected chi connectivity index (χ1v) is 5.34. The molecule has 8 heteroatoms. The van der Waals surface area contributed by atoms with E-state index in [9.17, 15) is 17.6 Å². The summed E-state index contributed by atoms with van der Waals surface area (Å²) in [6.45, 7) is 0.450. The van der Waals surface area contributed by atoms with Gasteiger partial charge in [0.15, 0.2) is 11.6 Å². The van der Waals surface area contributed by atoms with E-state index >= 15 is 0 Å². The zero-order valence-electron chi connectivity index (χ0n) is 9.91. The van der Waals surface area contributed by atoms with Gasteiger partial charge < -0.3 is 16.2 Å². The lowest BCUT2D eigenvalue weighted by Gasteiger charge is -2.14. The largest absolute Gasteiger partial charge is 0.573 e. The fourth-order valence-electron chi connectivity index (χ4n) is 1.46. The number of hydrogen-bond acceptors (Lipinski definition) is 3. The molecule has 3 nitrogen and oxygen atoms in total. The fraction of sp³-hybridized carbons (Fsp3) is 0.455. The molecule has 0 aliphatic rings. The van der Waals surface area contributed by atoms with Crippen LogP contribution in [0.1, 0.15) is 24.4 Å². The van der Waals surface area contributed by atoms with Gasteiger partial charge in [0.05, 0.1) is 0 Å². The SMILES string of the molecule is Cl.NCCC[C@H](N)c1ccc(OC(F)(F)F)c(F)c1. The molecule has 1 aromatic rings. The number of benzene rings is 1. The van der Waals surface area contributed by atoms with Crippen molar-refractivity contribution < 1.29 is 22.3 Å². The van der Waals surface area contributed by atoms with Crippen molar-refractivity contribution in [3.63, 3.8) is 0 Å². The van der Waals surface area contributed by atoms with Gasteiger partial charge in [-0.1, -0.05) is 6.07 Å². The van der Waals surface area contributed by atoms with Crippen molar-refractivity contribution in [3.8, 4) is 5.75 Å². The second-order valence-corrected chi connectivity index (χ2v) is 3.78.